The maximum absolute atomic E-state index is 12.3. The van der Waals surface area contributed by atoms with Gasteiger partial charge in [-0.05, 0) is 101 Å². The van der Waals surface area contributed by atoms with Crippen LogP contribution in [0.15, 0.2) is 12.2 Å². The number of aliphatic hydroxyl groups is 1. The average Bonchev–Trinajstić information content (AvgIpc) is 3.31. The second-order valence-electron chi connectivity index (χ2n) is 12.0. The number of hydrogen-bond donors (Lipinski definition) is 1. The van der Waals surface area contributed by atoms with Gasteiger partial charge in [-0.25, -0.2) is 0 Å². The highest BCUT2D eigenvalue weighted by Crippen LogP contribution is 2.68. The number of allylic oxidation sites excluding steroid dienone is 1. The van der Waals surface area contributed by atoms with Crippen molar-refractivity contribution in [2.75, 3.05) is 19.6 Å². The highest BCUT2D eigenvalue weighted by Gasteiger charge is 2.64. The lowest BCUT2D eigenvalue weighted by Crippen LogP contribution is -2.58. The molecule has 0 radical (unpaired) electrons. The SMILES string of the molecule is C=C1CC[C@@]2(C)[C@H](OC(C)=O)[C@@H]([C@@]3(C)CC[C@H](O)C[C@@H]3CCN3CCCC3)CC[C@]12C. The van der Waals surface area contributed by atoms with Crippen LogP contribution in [-0.4, -0.2) is 47.8 Å². The Morgan fingerprint density at radius 3 is 2.55 bits per heavy atom. The summed E-state index contributed by atoms with van der Waals surface area (Å²) in [6.07, 6.45) is 10.7. The second kappa shape index (κ2) is 8.48. The van der Waals surface area contributed by atoms with E-state index in [1.54, 1.807) is 6.92 Å². The van der Waals surface area contributed by atoms with E-state index in [1.807, 2.05) is 0 Å². The van der Waals surface area contributed by atoms with Crippen LogP contribution in [0.5, 0.6) is 0 Å². The van der Waals surface area contributed by atoms with Crippen LogP contribution in [0, 0.1) is 28.1 Å². The molecule has 31 heavy (non-hydrogen) atoms. The lowest BCUT2D eigenvalue weighted by Gasteiger charge is -2.60. The number of aliphatic hydroxyl groups excluding tert-OH is 1. The van der Waals surface area contributed by atoms with Gasteiger partial charge in [-0.3, -0.25) is 4.79 Å². The van der Waals surface area contributed by atoms with Gasteiger partial charge in [0.25, 0.3) is 0 Å². The van der Waals surface area contributed by atoms with Crippen molar-refractivity contribution in [3.8, 4) is 0 Å². The lowest BCUT2D eigenvalue weighted by molar-refractivity contribution is -0.192. The summed E-state index contributed by atoms with van der Waals surface area (Å²) in [7, 11) is 0. The molecule has 4 nitrogen and oxygen atoms in total. The highest BCUT2D eigenvalue weighted by atomic mass is 16.5. The number of likely N-dealkylation sites (tertiary alicyclic amines) is 1. The molecule has 4 rings (SSSR count). The summed E-state index contributed by atoms with van der Waals surface area (Å²) < 4.78 is 6.25. The summed E-state index contributed by atoms with van der Waals surface area (Å²) in [4.78, 5) is 14.9. The zero-order valence-electron chi connectivity index (χ0n) is 20.4. The molecule has 4 fully saturated rings. The first-order chi connectivity index (χ1) is 14.6. The summed E-state index contributed by atoms with van der Waals surface area (Å²) in [6.45, 7) is 16.8. The molecule has 0 aromatic rings. The first kappa shape index (κ1) is 23.3. The van der Waals surface area contributed by atoms with Gasteiger partial charge >= 0.3 is 5.97 Å². The molecule has 1 heterocycles. The Bertz CT molecular complexity index is 701. The number of carbonyl (C=O) groups excluding carboxylic acids is 1. The molecule has 1 saturated heterocycles. The van der Waals surface area contributed by atoms with Crippen molar-refractivity contribution in [2.24, 2.45) is 28.1 Å². The first-order valence-electron chi connectivity index (χ1n) is 12.9. The minimum absolute atomic E-state index is 0.0444. The number of hydrogen-bond acceptors (Lipinski definition) is 4. The quantitative estimate of drug-likeness (QED) is 0.471. The van der Waals surface area contributed by atoms with Crippen molar-refractivity contribution < 1.29 is 14.6 Å². The van der Waals surface area contributed by atoms with Gasteiger partial charge < -0.3 is 14.7 Å². The molecule has 1 aliphatic heterocycles. The molecule has 0 amide bonds. The monoisotopic (exact) mass is 431 g/mol. The molecule has 0 aromatic carbocycles. The number of fused-ring (bicyclic) bond motifs is 1. The minimum atomic E-state index is -0.181. The molecule has 176 valence electrons. The minimum Gasteiger partial charge on any atom is -0.462 e. The van der Waals surface area contributed by atoms with Crippen molar-refractivity contribution in [2.45, 2.75) is 104 Å². The van der Waals surface area contributed by atoms with Crippen LogP contribution < -0.4 is 0 Å². The molecule has 0 spiro atoms. The summed E-state index contributed by atoms with van der Waals surface area (Å²) in [5, 5.41) is 10.6. The van der Waals surface area contributed by atoms with E-state index in [4.69, 9.17) is 4.74 Å². The molecular formula is C27H45NO3. The Labute approximate surface area is 189 Å². The molecule has 0 bridgehead atoms. The number of esters is 1. The largest absolute Gasteiger partial charge is 0.462 e. The Morgan fingerprint density at radius 2 is 1.87 bits per heavy atom. The van der Waals surface area contributed by atoms with Crippen molar-refractivity contribution in [1.82, 2.24) is 4.90 Å². The second-order valence-corrected chi connectivity index (χ2v) is 12.0. The fourth-order valence-corrected chi connectivity index (χ4v) is 8.07. The number of rotatable bonds is 5. The zero-order chi connectivity index (χ0) is 22.4. The van der Waals surface area contributed by atoms with Crippen LogP contribution in [0.4, 0.5) is 0 Å². The van der Waals surface area contributed by atoms with E-state index in [0.29, 0.717) is 11.8 Å². The highest BCUT2D eigenvalue weighted by molar-refractivity contribution is 5.66. The van der Waals surface area contributed by atoms with E-state index < -0.39 is 0 Å². The van der Waals surface area contributed by atoms with E-state index in [1.165, 1.54) is 31.5 Å². The number of nitrogens with zero attached hydrogens (tertiary/aromatic N) is 1. The first-order valence-corrected chi connectivity index (χ1v) is 12.9. The maximum atomic E-state index is 12.3. The van der Waals surface area contributed by atoms with Gasteiger partial charge in [0, 0.05) is 18.3 Å². The van der Waals surface area contributed by atoms with Crippen LogP contribution in [0.3, 0.4) is 0 Å². The predicted octanol–water partition coefficient (Wildman–Crippen LogP) is 5.34. The normalized spacial score (nSPS) is 46.2. The summed E-state index contributed by atoms with van der Waals surface area (Å²) in [5.74, 6) is 0.694. The van der Waals surface area contributed by atoms with Crippen LogP contribution in [0.1, 0.15) is 91.9 Å². The average molecular weight is 432 g/mol. The van der Waals surface area contributed by atoms with E-state index in [0.717, 1.165) is 57.9 Å². The molecule has 0 unspecified atom stereocenters. The standard InChI is InChI=1S/C27H45NO3/c1-19-8-13-27(5)24(31-20(2)29)23(10-14-26(19,27)4)25(3)12-9-22(30)18-21(25)11-17-28-15-6-7-16-28/h21-24,30H,1,6-18H2,2-5H3/t21-,22-,23-,24+,25-,26+,27-/m0/s1. The van der Waals surface area contributed by atoms with Gasteiger partial charge in [0.1, 0.15) is 6.10 Å². The Hall–Kier alpha value is -0.870. The number of ether oxygens (including phenoxy) is 1. The van der Waals surface area contributed by atoms with Crippen LogP contribution in [-0.2, 0) is 9.53 Å². The van der Waals surface area contributed by atoms with Gasteiger partial charge in [-0.2, -0.15) is 0 Å². The molecule has 4 heteroatoms. The Kier molecular flexibility index (Phi) is 6.37. The molecule has 3 aliphatic carbocycles. The molecule has 0 aromatic heterocycles. The molecule has 3 saturated carbocycles. The third-order valence-electron chi connectivity index (χ3n) is 10.6. The van der Waals surface area contributed by atoms with Crippen molar-refractivity contribution >= 4 is 5.97 Å². The van der Waals surface area contributed by atoms with Crippen LogP contribution >= 0.6 is 0 Å². The molecular weight excluding hydrogens is 386 g/mol. The molecule has 4 aliphatic rings. The third-order valence-corrected chi connectivity index (χ3v) is 10.6. The maximum Gasteiger partial charge on any atom is 0.302 e. The van der Waals surface area contributed by atoms with Crippen LogP contribution in [0.2, 0.25) is 0 Å². The van der Waals surface area contributed by atoms with Gasteiger partial charge in [0.05, 0.1) is 6.10 Å². The van der Waals surface area contributed by atoms with Crippen molar-refractivity contribution in [3.05, 3.63) is 12.2 Å². The van der Waals surface area contributed by atoms with E-state index >= 15 is 0 Å². The fourth-order valence-electron chi connectivity index (χ4n) is 8.07. The van der Waals surface area contributed by atoms with E-state index in [9.17, 15) is 9.90 Å². The topological polar surface area (TPSA) is 49.8 Å². The summed E-state index contributed by atoms with van der Waals surface area (Å²) >= 11 is 0. The van der Waals surface area contributed by atoms with Gasteiger partial charge in [0.15, 0.2) is 0 Å². The molecule has 1 N–H and O–H groups in total. The Balaban J connectivity index is 1.63. The summed E-state index contributed by atoms with van der Waals surface area (Å²) in [5.41, 5.74) is 1.46. The van der Waals surface area contributed by atoms with Crippen molar-refractivity contribution in [3.63, 3.8) is 0 Å². The predicted molar refractivity (Wildman–Crippen MR) is 125 cm³/mol. The third kappa shape index (κ3) is 3.90. The lowest BCUT2D eigenvalue weighted by atomic mass is 9.47. The fraction of sp³-hybridized carbons (Fsp3) is 0.889. The van der Waals surface area contributed by atoms with E-state index in [-0.39, 0.29) is 34.4 Å². The molecule has 7 atom stereocenters. The van der Waals surface area contributed by atoms with Gasteiger partial charge in [-0.1, -0.05) is 32.9 Å². The van der Waals surface area contributed by atoms with Gasteiger partial charge in [-0.15, -0.1) is 0 Å². The van der Waals surface area contributed by atoms with Gasteiger partial charge in [0.2, 0.25) is 0 Å². The number of carbonyl (C=O) groups is 1. The smallest absolute Gasteiger partial charge is 0.302 e. The Morgan fingerprint density at radius 1 is 1.16 bits per heavy atom. The van der Waals surface area contributed by atoms with Crippen LogP contribution in [0.25, 0.3) is 0 Å². The zero-order valence-corrected chi connectivity index (χ0v) is 20.4. The summed E-state index contributed by atoms with van der Waals surface area (Å²) in [6, 6.07) is 0. The van der Waals surface area contributed by atoms with E-state index in [2.05, 4.69) is 32.3 Å². The van der Waals surface area contributed by atoms with Crippen molar-refractivity contribution in [1.29, 1.82) is 0 Å².